The number of anilines is 1. The van der Waals surface area contributed by atoms with E-state index in [2.05, 4.69) is 25.5 Å². The molecule has 5 N–H and O–H groups in total. The van der Waals surface area contributed by atoms with Crippen LogP contribution >= 0.6 is 0 Å². The third kappa shape index (κ3) is 2.78. The maximum Gasteiger partial charge on any atom is 0.261 e. The number of carbonyl (C=O) groups is 1. The van der Waals surface area contributed by atoms with Crippen LogP contribution in [0.3, 0.4) is 0 Å². The second kappa shape index (κ2) is 5.39. The van der Waals surface area contributed by atoms with Crippen molar-refractivity contribution in [1.82, 2.24) is 25.5 Å². The topological polar surface area (TPSA) is 130 Å². The second-order valence-electron chi connectivity index (χ2n) is 4.98. The van der Waals surface area contributed by atoms with Gasteiger partial charge in [0.15, 0.2) is 0 Å². The maximum atomic E-state index is 12.3. The Labute approximate surface area is 121 Å². The van der Waals surface area contributed by atoms with Gasteiger partial charge in [-0.2, -0.15) is 4.98 Å². The molecular formula is C13H18N6O2. The van der Waals surface area contributed by atoms with Crippen molar-refractivity contribution >= 4 is 11.9 Å². The van der Waals surface area contributed by atoms with E-state index in [-0.39, 0.29) is 11.5 Å². The highest BCUT2D eigenvalue weighted by Gasteiger charge is 2.20. The van der Waals surface area contributed by atoms with Gasteiger partial charge in [0.2, 0.25) is 5.95 Å². The summed E-state index contributed by atoms with van der Waals surface area (Å²) in [5, 5.41) is 9.03. The molecule has 1 atom stereocenters. The zero-order valence-corrected chi connectivity index (χ0v) is 12.4. The fourth-order valence-electron chi connectivity index (χ4n) is 2.06. The largest absolute Gasteiger partial charge is 0.367 e. The molecule has 0 aliphatic carbocycles. The number of hydrogen-bond acceptors (Lipinski definition) is 5. The van der Waals surface area contributed by atoms with Gasteiger partial charge >= 0.3 is 0 Å². The molecule has 0 bridgehead atoms. The molecule has 2 aromatic rings. The molecule has 112 valence electrons. The van der Waals surface area contributed by atoms with E-state index in [0.717, 1.165) is 11.3 Å². The summed E-state index contributed by atoms with van der Waals surface area (Å²) in [7, 11) is 0. The van der Waals surface area contributed by atoms with Crippen LogP contribution in [0.15, 0.2) is 4.79 Å². The number of rotatable bonds is 3. The number of nitrogens with zero attached hydrogens (tertiary/aromatic N) is 2. The average Bonchev–Trinajstić information content (AvgIpc) is 2.83. The number of aryl methyl sites for hydroxylation is 1. The van der Waals surface area contributed by atoms with Gasteiger partial charge in [0.05, 0.1) is 6.04 Å². The first-order valence-corrected chi connectivity index (χ1v) is 6.50. The number of carbonyl (C=O) groups excluding carboxylic acids is 1. The minimum absolute atomic E-state index is 0.103. The molecule has 0 aromatic carbocycles. The summed E-state index contributed by atoms with van der Waals surface area (Å²) in [6, 6.07) is -0.442. The number of pyridine rings is 1. The van der Waals surface area contributed by atoms with Crippen LogP contribution in [0.25, 0.3) is 0 Å². The van der Waals surface area contributed by atoms with Crippen LogP contribution in [0.1, 0.15) is 46.0 Å². The Kier molecular flexibility index (Phi) is 3.79. The predicted octanol–water partition coefficient (Wildman–Crippen LogP) is 0.491. The molecule has 0 saturated heterocycles. The zero-order valence-electron chi connectivity index (χ0n) is 12.4. The summed E-state index contributed by atoms with van der Waals surface area (Å²) in [5.41, 5.74) is 7.43. The number of aromatic amines is 2. The number of hydrogen-bond donors (Lipinski definition) is 4. The van der Waals surface area contributed by atoms with E-state index in [1.165, 1.54) is 0 Å². The fourth-order valence-corrected chi connectivity index (χ4v) is 2.06. The smallest absolute Gasteiger partial charge is 0.261 e. The van der Waals surface area contributed by atoms with Crippen LogP contribution in [0.4, 0.5) is 5.95 Å². The van der Waals surface area contributed by atoms with E-state index in [0.29, 0.717) is 11.4 Å². The van der Waals surface area contributed by atoms with Crippen LogP contribution in [0.2, 0.25) is 0 Å². The summed E-state index contributed by atoms with van der Waals surface area (Å²) in [6.45, 7) is 7.13. The van der Waals surface area contributed by atoms with Crippen LogP contribution in [0.5, 0.6) is 0 Å². The van der Waals surface area contributed by atoms with Gasteiger partial charge in [0, 0.05) is 5.69 Å². The SMILES string of the molecule is Cc1[nH]c(=O)c(C(=O)N[C@H](C)c2nc(N)n[nH]2)c(C)c1C. The molecule has 8 heteroatoms. The van der Waals surface area contributed by atoms with Crippen molar-refractivity contribution in [3.8, 4) is 0 Å². The van der Waals surface area contributed by atoms with Crippen molar-refractivity contribution in [1.29, 1.82) is 0 Å². The molecule has 2 rings (SSSR count). The quantitative estimate of drug-likeness (QED) is 0.653. The molecule has 21 heavy (non-hydrogen) atoms. The van der Waals surface area contributed by atoms with Gasteiger partial charge in [0.1, 0.15) is 11.4 Å². The van der Waals surface area contributed by atoms with Crippen LogP contribution < -0.4 is 16.6 Å². The monoisotopic (exact) mass is 290 g/mol. The minimum atomic E-state index is -0.459. The summed E-state index contributed by atoms with van der Waals surface area (Å²) in [6.07, 6.45) is 0. The standard InChI is InChI=1S/C13H18N6O2/c1-5-6(2)9(11(20)15-7(5)3)12(21)16-8(4)10-17-13(14)19-18-10/h8H,1-4H3,(H,15,20)(H,16,21)(H3,14,17,18,19)/t8-/m1/s1. The molecule has 0 radical (unpaired) electrons. The summed E-state index contributed by atoms with van der Waals surface area (Å²) < 4.78 is 0. The molecule has 0 spiro atoms. The van der Waals surface area contributed by atoms with Crippen LogP contribution in [0, 0.1) is 20.8 Å². The molecule has 0 aliphatic heterocycles. The number of nitrogens with one attached hydrogen (secondary N) is 3. The Balaban J connectivity index is 2.29. The highest BCUT2D eigenvalue weighted by atomic mass is 16.2. The van der Waals surface area contributed by atoms with Crippen LogP contribution in [-0.2, 0) is 0 Å². The van der Waals surface area contributed by atoms with Crippen molar-refractivity contribution in [3.63, 3.8) is 0 Å². The molecule has 1 amide bonds. The molecule has 0 aliphatic rings. The molecule has 8 nitrogen and oxygen atoms in total. The third-order valence-electron chi connectivity index (χ3n) is 3.53. The first-order valence-electron chi connectivity index (χ1n) is 6.50. The lowest BCUT2D eigenvalue weighted by molar-refractivity contribution is 0.0936. The Morgan fingerprint density at radius 1 is 1.29 bits per heavy atom. The molecule has 2 aromatic heterocycles. The first-order chi connectivity index (χ1) is 9.81. The van der Waals surface area contributed by atoms with Crippen LogP contribution in [-0.4, -0.2) is 26.1 Å². The highest BCUT2D eigenvalue weighted by Crippen LogP contribution is 2.13. The predicted molar refractivity (Wildman–Crippen MR) is 78.0 cm³/mol. The second-order valence-corrected chi connectivity index (χ2v) is 4.98. The van der Waals surface area contributed by atoms with E-state index in [4.69, 9.17) is 5.73 Å². The number of amides is 1. The van der Waals surface area contributed by atoms with Gasteiger partial charge in [-0.3, -0.25) is 14.7 Å². The van der Waals surface area contributed by atoms with Gasteiger partial charge in [-0.05, 0) is 38.8 Å². The average molecular weight is 290 g/mol. The minimum Gasteiger partial charge on any atom is -0.367 e. The van der Waals surface area contributed by atoms with Gasteiger partial charge in [-0.25, -0.2) is 0 Å². The molecular weight excluding hydrogens is 272 g/mol. The van der Waals surface area contributed by atoms with Gasteiger partial charge in [-0.1, -0.05) is 0 Å². The van der Waals surface area contributed by atoms with Crippen molar-refractivity contribution in [2.45, 2.75) is 33.7 Å². The van der Waals surface area contributed by atoms with E-state index in [9.17, 15) is 9.59 Å². The lowest BCUT2D eigenvalue weighted by Crippen LogP contribution is -2.33. The Hall–Kier alpha value is -2.64. The summed E-state index contributed by atoms with van der Waals surface area (Å²) in [4.78, 5) is 30.9. The molecule has 0 unspecified atom stereocenters. The Morgan fingerprint density at radius 2 is 1.95 bits per heavy atom. The van der Waals surface area contributed by atoms with E-state index >= 15 is 0 Å². The van der Waals surface area contributed by atoms with Crippen molar-refractivity contribution < 1.29 is 4.79 Å². The number of nitrogens with two attached hydrogens (primary N) is 1. The number of aromatic nitrogens is 4. The van der Waals surface area contributed by atoms with E-state index in [1.807, 2.05) is 6.92 Å². The fraction of sp³-hybridized carbons (Fsp3) is 0.385. The normalized spacial score (nSPS) is 12.2. The number of nitrogen functional groups attached to an aromatic ring is 1. The third-order valence-corrected chi connectivity index (χ3v) is 3.53. The maximum absolute atomic E-state index is 12.3. The Morgan fingerprint density at radius 3 is 2.52 bits per heavy atom. The summed E-state index contributed by atoms with van der Waals surface area (Å²) in [5.74, 6) is 0.0735. The van der Waals surface area contributed by atoms with Crippen molar-refractivity contribution in [3.05, 3.63) is 38.6 Å². The summed E-state index contributed by atoms with van der Waals surface area (Å²) >= 11 is 0. The van der Waals surface area contributed by atoms with Crippen molar-refractivity contribution in [2.75, 3.05) is 5.73 Å². The van der Waals surface area contributed by atoms with Gasteiger partial charge in [-0.15, -0.1) is 5.10 Å². The van der Waals surface area contributed by atoms with Crippen molar-refractivity contribution in [2.24, 2.45) is 0 Å². The van der Waals surface area contributed by atoms with E-state index in [1.54, 1.807) is 20.8 Å². The highest BCUT2D eigenvalue weighted by molar-refractivity contribution is 5.95. The first kappa shape index (κ1) is 14.8. The van der Waals surface area contributed by atoms with Gasteiger partial charge in [0.25, 0.3) is 11.5 Å². The Bertz CT molecular complexity index is 746. The van der Waals surface area contributed by atoms with E-state index < -0.39 is 17.5 Å². The lowest BCUT2D eigenvalue weighted by atomic mass is 10.0. The molecule has 2 heterocycles. The molecule has 0 fully saturated rings. The number of H-pyrrole nitrogens is 2. The molecule has 0 saturated carbocycles. The lowest BCUT2D eigenvalue weighted by Gasteiger charge is -2.14. The zero-order chi connectivity index (χ0) is 15.7. The van der Waals surface area contributed by atoms with Gasteiger partial charge < -0.3 is 16.0 Å².